The normalized spacial score (nSPS) is 15.0. The van der Waals surface area contributed by atoms with Crippen LogP contribution in [0, 0.1) is 0 Å². The molecule has 0 saturated heterocycles. The largest absolute Gasteiger partial charge is 0.471 e. The molecular weight excluding hydrogens is 372 g/mol. The lowest BCUT2D eigenvalue weighted by atomic mass is 10.0. The van der Waals surface area contributed by atoms with E-state index in [1.54, 1.807) is 10.9 Å². The molecule has 0 fully saturated rings. The first-order valence-electron chi connectivity index (χ1n) is 9.96. The van der Waals surface area contributed by atoms with Gasteiger partial charge in [-0.25, -0.2) is 0 Å². The maximum absolute atomic E-state index is 6.02. The molecule has 0 N–H and O–H groups in total. The number of hydrogen-bond donors (Lipinski definition) is 0. The summed E-state index contributed by atoms with van der Waals surface area (Å²) >= 11 is 0. The highest BCUT2D eigenvalue weighted by molar-refractivity contribution is 6.09. The molecule has 150 valence electrons. The Morgan fingerprint density at radius 3 is 2.77 bits per heavy atom. The monoisotopic (exact) mass is 396 g/mol. The SMILES string of the molecule is C/C=C\C=C1/CC=CC(c2ccc(COc3nn(C)cc3-c3cccnc3)cc2)=N1. The summed E-state index contributed by atoms with van der Waals surface area (Å²) in [6.45, 7) is 2.45. The first kappa shape index (κ1) is 19.6. The van der Waals surface area contributed by atoms with Gasteiger partial charge in [0.2, 0.25) is 5.88 Å². The molecule has 3 heterocycles. The Bertz CT molecular complexity index is 1120. The Morgan fingerprint density at radius 2 is 2.00 bits per heavy atom. The van der Waals surface area contributed by atoms with Gasteiger partial charge in [0.1, 0.15) is 6.61 Å². The van der Waals surface area contributed by atoms with Crippen molar-refractivity contribution in [2.75, 3.05) is 0 Å². The van der Waals surface area contributed by atoms with Gasteiger partial charge in [-0.1, -0.05) is 48.6 Å². The third-order valence-corrected chi connectivity index (χ3v) is 4.74. The molecule has 5 heteroatoms. The molecule has 0 aliphatic carbocycles. The fourth-order valence-electron chi connectivity index (χ4n) is 3.22. The molecule has 0 bridgehead atoms. The summed E-state index contributed by atoms with van der Waals surface area (Å²) in [5.74, 6) is 0.605. The van der Waals surface area contributed by atoms with Crippen molar-refractivity contribution in [2.45, 2.75) is 20.0 Å². The Morgan fingerprint density at radius 1 is 1.13 bits per heavy atom. The molecule has 0 spiro atoms. The van der Waals surface area contributed by atoms with Crippen LogP contribution in [0.4, 0.5) is 0 Å². The number of allylic oxidation sites excluding steroid dienone is 5. The number of dihydropyridines is 1. The molecule has 1 aliphatic heterocycles. The van der Waals surface area contributed by atoms with Gasteiger partial charge in [0.05, 0.1) is 11.3 Å². The van der Waals surface area contributed by atoms with Gasteiger partial charge in [-0.05, 0) is 30.7 Å². The zero-order chi connectivity index (χ0) is 20.8. The highest BCUT2D eigenvalue weighted by Gasteiger charge is 2.12. The van der Waals surface area contributed by atoms with Crippen LogP contribution in [0.2, 0.25) is 0 Å². The van der Waals surface area contributed by atoms with E-state index in [0.29, 0.717) is 12.5 Å². The zero-order valence-corrected chi connectivity index (χ0v) is 17.2. The molecular formula is C25H24N4O. The standard InChI is InChI=1S/C25H24N4O/c1-3-4-8-22-9-5-10-24(27-22)20-13-11-19(12-14-20)18-30-25-23(17-29(2)28-25)21-7-6-15-26-16-21/h3-8,10-17H,9,18H2,1-2H3/b4-3-,22-8+. The number of benzene rings is 1. The van der Waals surface area contributed by atoms with Gasteiger partial charge in [-0.2, -0.15) is 0 Å². The molecule has 0 unspecified atom stereocenters. The summed E-state index contributed by atoms with van der Waals surface area (Å²) in [4.78, 5) is 8.94. The molecule has 3 aromatic rings. The van der Waals surface area contributed by atoms with Crippen molar-refractivity contribution in [1.82, 2.24) is 14.8 Å². The number of aromatic nitrogens is 3. The third kappa shape index (κ3) is 4.63. The van der Waals surface area contributed by atoms with Crippen molar-refractivity contribution in [1.29, 1.82) is 0 Å². The Labute approximate surface area is 176 Å². The molecule has 0 amide bonds. The van der Waals surface area contributed by atoms with Gasteiger partial charge in [-0.15, -0.1) is 5.10 Å². The van der Waals surface area contributed by atoms with Gasteiger partial charge in [0.15, 0.2) is 0 Å². The van der Waals surface area contributed by atoms with E-state index >= 15 is 0 Å². The van der Waals surface area contributed by atoms with E-state index in [9.17, 15) is 0 Å². The second-order valence-corrected chi connectivity index (χ2v) is 7.04. The van der Waals surface area contributed by atoms with Gasteiger partial charge >= 0.3 is 0 Å². The van der Waals surface area contributed by atoms with Crippen molar-refractivity contribution >= 4 is 5.71 Å². The second kappa shape index (κ2) is 9.18. The van der Waals surface area contributed by atoms with Gasteiger partial charge in [0, 0.05) is 48.9 Å². The number of nitrogens with zero attached hydrogens (tertiary/aromatic N) is 4. The van der Waals surface area contributed by atoms with Crippen LogP contribution in [0.3, 0.4) is 0 Å². The summed E-state index contributed by atoms with van der Waals surface area (Å²) in [7, 11) is 1.89. The van der Waals surface area contributed by atoms with Gasteiger partial charge < -0.3 is 4.74 Å². The fraction of sp³-hybridized carbons (Fsp3) is 0.160. The van der Waals surface area contributed by atoms with Crippen LogP contribution in [0.25, 0.3) is 11.1 Å². The number of aryl methyl sites for hydroxylation is 1. The topological polar surface area (TPSA) is 52.3 Å². The van der Waals surface area contributed by atoms with E-state index in [2.05, 4.69) is 52.6 Å². The van der Waals surface area contributed by atoms with E-state index in [-0.39, 0.29) is 0 Å². The maximum atomic E-state index is 6.02. The summed E-state index contributed by atoms with van der Waals surface area (Å²) in [5, 5.41) is 4.45. The van der Waals surface area contributed by atoms with Crippen LogP contribution in [0.15, 0.2) is 96.1 Å². The first-order chi connectivity index (χ1) is 14.7. The lowest BCUT2D eigenvalue weighted by Gasteiger charge is -2.10. The van der Waals surface area contributed by atoms with Crippen molar-refractivity contribution in [3.05, 3.63) is 102 Å². The van der Waals surface area contributed by atoms with Crippen molar-refractivity contribution < 1.29 is 4.74 Å². The highest BCUT2D eigenvalue weighted by atomic mass is 16.5. The highest BCUT2D eigenvalue weighted by Crippen LogP contribution is 2.28. The number of hydrogen-bond acceptors (Lipinski definition) is 4. The maximum Gasteiger partial charge on any atom is 0.241 e. The Kier molecular flexibility index (Phi) is 5.99. The van der Waals surface area contributed by atoms with E-state index in [0.717, 1.165) is 40.1 Å². The smallest absolute Gasteiger partial charge is 0.241 e. The van der Waals surface area contributed by atoms with Crippen LogP contribution in [-0.4, -0.2) is 20.5 Å². The van der Waals surface area contributed by atoms with Crippen molar-refractivity contribution in [3.63, 3.8) is 0 Å². The molecule has 5 nitrogen and oxygen atoms in total. The molecule has 1 aromatic carbocycles. The Hall–Kier alpha value is -3.73. The summed E-state index contributed by atoms with van der Waals surface area (Å²) in [5.41, 5.74) is 6.13. The summed E-state index contributed by atoms with van der Waals surface area (Å²) < 4.78 is 7.78. The predicted octanol–water partition coefficient (Wildman–Crippen LogP) is 5.27. The summed E-state index contributed by atoms with van der Waals surface area (Å²) in [6, 6.07) is 12.2. The third-order valence-electron chi connectivity index (χ3n) is 4.74. The minimum Gasteiger partial charge on any atom is -0.471 e. The van der Waals surface area contributed by atoms with Gasteiger partial charge in [-0.3, -0.25) is 14.7 Å². The van der Waals surface area contributed by atoms with E-state index in [1.807, 2.05) is 50.6 Å². The molecule has 0 atom stereocenters. The van der Waals surface area contributed by atoms with Crippen LogP contribution in [0.5, 0.6) is 5.88 Å². The van der Waals surface area contributed by atoms with E-state index < -0.39 is 0 Å². The summed E-state index contributed by atoms with van der Waals surface area (Å²) in [6.07, 6.45) is 16.7. The van der Waals surface area contributed by atoms with Crippen LogP contribution >= 0.6 is 0 Å². The molecule has 0 radical (unpaired) electrons. The lowest BCUT2D eigenvalue weighted by Crippen LogP contribution is -2.03. The lowest BCUT2D eigenvalue weighted by molar-refractivity contribution is 0.292. The number of aliphatic imine (C=N–C) groups is 1. The minimum atomic E-state index is 0.444. The van der Waals surface area contributed by atoms with Crippen molar-refractivity contribution in [3.8, 4) is 17.0 Å². The minimum absolute atomic E-state index is 0.444. The van der Waals surface area contributed by atoms with Crippen molar-refractivity contribution in [2.24, 2.45) is 12.0 Å². The number of pyridine rings is 1. The zero-order valence-electron chi connectivity index (χ0n) is 17.2. The quantitative estimate of drug-likeness (QED) is 0.570. The molecule has 1 aliphatic rings. The number of ether oxygens (including phenoxy) is 1. The average Bonchev–Trinajstić information content (AvgIpc) is 3.18. The Balaban J connectivity index is 1.47. The molecule has 0 saturated carbocycles. The molecule has 4 rings (SSSR count). The second-order valence-electron chi connectivity index (χ2n) is 7.04. The van der Waals surface area contributed by atoms with E-state index in [1.165, 1.54) is 0 Å². The van der Waals surface area contributed by atoms with Crippen LogP contribution in [-0.2, 0) is 13.7 Å². The molecule has 2 aromatic heterocycles. The van der Waals surface area contributed by atoms with Crippen LogP contribution in [0.1, 0.15) is 24.5 Å². The number of rotatable bonds is 6. The fourth-order valence-corrected chi connectivity index (χ4v) is 3.22. The molecule has 30 heavy (non-hydrogen) atoms. The predicted molar refractivity (Wildman–Crippen MR) is 120 cm³/mol. The first-order valence-corrected chi connectivity index (χ1v) is 9.96. The van der Waals surface area contributed by atoms with E-state index in [4.69, 9.17) is 9.73 Å². The van der Waals surface area contributed by atoms with Crippen LogP contribution < -0.4 is 4.74 Å². The van der Waals surface area contributed by atoms with Gasteiger partial charge in [0.25, 0.3) is 0 Å². The average molecular weight is 396 g/mol.